The summed E-state index contributed by atoms with van der Waals surface area (Å²) in [6.45, 7) is 8.45. The molecule has 162 valence electrons. The molecule has 4 rings (SSSR count). The molecule has 0 fully saturated rings. The summed E-state index contributed by atoms with van der Waals surface area (Å²) in [6.07, 6.45) is 0. The summed E-state index contributed by atoms with van der Waals surface area (Å²) in [5.41, 5.74) is 5.35. The number of hydrogen-bond acceptors (Lipinski definition) is 4. The first-order chi connectivity index (χ1) is 14.8. The number of hydrogen-bond donors (Lipinski definition) is 2. The molecule has 6 nitrogen and oxygen atoms in total. The van der Waals surface area contributed by atoms with Crippen molar-refractivity contribution < 1.29 is 19.1 Å². The largest absolute Gasteiger partial charge is 0.461 e. The summed E-state index contributed by atoms with van der Waals surface area (Å²) in [7, 11) is 0. The minimum absolute atomic E-state index is 0.291. The van der Waals surface area contributed by atoms with E-state index in [-0.39, 0.29) is 11.9 Å². The van der Waals surface area contributed by atoms with Gasteiger partial charge in [0.05, 0.1) is 16.8 Å². The van der Waals surface area contributed by atoms with Gasteiger partial charge in [0, 0.05) is 21.8 Å². The SMILES string of the molecule is CCOC(=O)c1[nH]c2ccc(C)cc2c1I.CCOC(=O)c1cc2cc(C)ccc2[nH]1. The van der Waals surface area contributed by atoms with Gasteiger partial charge in [-0.3, -0.25) is 0 Å². The predicted octanol–water partition coefficient (Wildman–Crippen LogP) is 5.91. The van der Waals surface area contributed by atoms with Crippen molar-refractivity contribution >= 4 is 56.3 Å². The minimum Gasteiger partial charge on any atom is -0.461 e. The summed E-state index contributed by atoms with van der Waals surface area (Å²) in [6, 6.07) is 13.9. The third kappa shape index (κ3) is 5.28. The van der Waals surface area contributed by atoms with Crippen LogP contribution in [-0.2, 0) is 9.47 Å². The van der Waals surface area contributed by atoms with E-state index < -0.39 is 0 Å². The Morgan fingerprint density at radius 3 is 2.13 bits per heavy atom. The number of benzene rings is 2. The molecule has 0 amide bonds. The minimum atomic E-state index is -0.300. The lowest BCUT2D eigenvalue weighted by Crippen LogP contribution is -2.06. The first-order valence-corrected chi connectivity index (χ1v) is 11.1. The Morgan fingerprint density at radius 1 is 0.839 bits per heavy atom. The predicted molar refractivity (Wildman–Crippen MR) is 131 cm³/mol. The van der Waals surface area contributed by atoms with E-state index in [0.717, 1.165) is 25.4 Å². The van der Waals surface area contributed by atoms with Crippen LogP contribution >= 0.6 is 22.6 Å². The maximum Gasteiger partial charge on any atom is 0.355 e. The van der Waals surface area contributed by atoms with Crippen LogP contribution in [0.3, 0.4) is 0 Å². The van der Waals surface area contributed by atoms with Crippen LogP contribution < -0.4 is 0 Å². The molecule has 0 aliphatic carbocycles. The van der Waals surface area contributed by atoms with Crippen molar-refractivity contribution in [1.29, 1.82) is 0 Å². The van der Waals surface area contributed by atoms with Gasteiger partial charge in [0.2, 0.25) is 0 Å². The number of esters is 2. The van der Waals surface area contributed by atoms with Crippen LogP contribution in [0.1, 0.15) is 46.0 Å². The number of carbonyl (C=O) groups is 2. The Balaban J connectivity index is 0.000000176. The van der Waals surface area contributed by atoms with Gasteiger partial charge in [-0.15, -0.1) is 0 Å². The lowest BCUT2D eigenvalue weighted by molar-refractivity contribution is 0.0510. The van der Waals surface area contributed by atoms with Crippen molar-refractivity contribution in [3.05, 3.63) is 68.5 Å². The van der Waals surface area contributed by atoms with Crippen LogP contribution in [0.15, 0.2) is 42.5 Å². The molecule has 0 aliphatic heterocycles. The molecule has 0 saturated heterocycles. The Morgan fingerprint density at radius 2 is 1.45 bits per heavy atom. The van der Waals surface area contributed by atoms with E-state index in [1.54, 1.807) is 13.8 Å². The Labute approximate surface area is 194 Å². The van der Waals surface area contributed by atoms with Gasteiger partial charge in [0.25, 0.3) is 0 Å². The first-order valence-electron chi connectivity index (χ1n) is 10.1. The highest BCUT2D eigenvalue weighted by Crippen LogP contribution is 2.25. The van der Waals surface area contributed by atoms with Gasteiger partial charge in [-0.25, -0.2) is 9.59 Å². The fourth-order valence-corrected chi connectivity index (χ4v) is 3.99. The number of aryl methyl sites for hydroxylation is 2. The Bertz CT molecular complexity index is 1240. The number of H-pyrrole nitrogens is 2. The highest BCUT2D eigenvalue weighted by molar-refractivity contribution is 14.1. The van der Waals surface area contributed by atoms with E-state index in [1.807, 2.05) is 50.2 Å². The van der Waals surface area contributed by atoms with Crippen molar-refractivity contribution in [2.75, 3.05) is 13.2 Å². The molecular weight excluding hydrogens is 507 g/mol. The zero-order chi connectivity index (χ0) is 22.5. The fraction of sp³-hybridized carbons (Fsp3) is 0.250. The molecule has 2 aromatic carbocycles. The maximum absolute atomic E-state index is 11.7. The van der Waals surface area contributed by atoms with Crippen molar-refractivity contribution in [3.8, 4) is 0 Å². The zero-order valence-corrected chi connectivity index (χ0v) is 20.1. The van der Waals surface area contributed by atoms with Gasteiger partial charge >= 0.3 is 11.9 Å². The molecule has 0 spiro atoms. The number of carbonyl (C=O) groups excluding carboxylic acids is 2. The molecule has 7 heteroatoms. The van der Waals surface area contributed by atoms with E-state index in [1.165, 1.54) is 11.1 Å². The van der Waals surface area contributed by atoms with Crippen molar-refractivity contribution in [2.24, 2.45) is 0 Å². The number of halogens is 1. The van der Waals surface area contributed by atoms with Crippen LogP contribution in [0.2, 0.25) is 0 Å². The molecule has 0 unspecified atom stereocenters. The van der Waals surface area contributed by atoms with Crippen LogP contribution in [0.4, 0.5) is 0 Å². The second-order valence-electron chi connectivity index (χ2n) is 7.08. The summed E-state index contributed by atoms with van der Waals surface area (Å²) >= 11 is 2.17. The van der Waals surface area contributed by atoms with E-state index in [9.17, 15) is 9.59 Å². The van der Waals surface area contributed by atoms with Crippen LogP contribution in [0, 0.1) is 17.4 Å². The second-order valence-corrected chi connectivity index (χ2v) is 8.16. The van der Waals surface area contributed by atoms with Gasteiger partial charge in [-0.05, 0) is 80.6 Å². The number of ether oxygens (including phenoxy) is 2. The maximum atomic E-state index is 11.7. The molecule has 0 atom stereocenters. The molecule has 2 N–H and O–H groups in total. The average molecular weight is 532 g/mol. The highest BCUT2D eigenvalue weighted by atomic mass is 127. The van der Waals surface area contributed by atoms with Gasteiger partial charge in [-0.1, -0.05) is 23.3 Å². The van der Waals surface area contributed by atoms with E-state index >= 15 is 0 Å². The first kappa shape index (κ1) is 22.9. The van der Waals surface area contributed by atoms with Crippen LogP contribution in [0.5, 0.6) is 0 Å². The van der Waals surface area contributed by atoms with Crippen molar-refractivity contribution in [2.45, 2.75) is 27.7 Å². The quantitative estimate of drug-likeness (QED) is 0.253. The molecule has 4 aromatic rings. The molecule has 0 saturated carbocycles. The van der Waals surface area contributed by atoms with Gasteiger partial charge in [0.1, 0.15) is 11.4 Å². The van der Waals surface area contributed by atoms with E-state index in [2.05, 4.69) is 38.6 Å². The topological polar surface area (TPSA) is 84.2 Å². The Kier molecular flexibility index (Phi) is 7.37. The highest BCUT2D eigenvalue weighted by Gasteiger charge is 2.16. The molecule has 2 aromatic heterocycles. The number of nitrogens with one attached hydrogen (secondary N) is 2. The molecule has 0 aliphatic rings. The Hall–Kier alpha value is -2.81. The monoisotopic (exact) mass is 532 g/mol. The third-order valence-corrected chi connectivity index (χ3v) is 5.76. The zero-order valence-electron chi connectivity index (χ0n) is 18.0. The van der Waals surface area contributed by atoms with Crippen molar-refractivity contribution in [1.82, 2.24) is 9.97 Å². The second kappa shape index (κ2) is 10.00. The number of fused-ring (bicyclic) bond motifs is 2. The molecule has 0 bridgehead atoms. The van der Waals surface area contributed by atoms with Gasteiger partial charge in [0.15, 0.2) is 0 Å². The molecular formula is C24H25IN2O4. The standard InChI is InChI=1S/C12H12INO2.C12H13NO2/c1-3-16-12(15)11-10(13)8-6-7(2)4-5-9(8)14-11;1-3-15-12(14)11-7-9-6-8(2)4-5-10(9)13-11/h4-6,14H,3H2,1-2H3;4-7,13H,3H2,1-2H3. The molecule has 0 radical (unpaired) electrons. The van der Waals surface area contributed by atoms with Gasteiger partial charge in [-0.2, -0.15) is 0 Å². The molecule has 31 heavy (non-hydrogen) atoms. The molecule has 2 heterocycles. The van der Waals surface area contributed by atoms with E-state index in [4.69, 9.17) is 9.47 Å². The third-order valence-electron chi connectivity index (χ3n) is 4.64. The van der Waals surface area contributed by atoms with Crippen LogP contribution in [0.25, 0.3) is 21.8 Å². The normalized spacial score (nSPS) is 10.6. The number of aromatic amines is 2. The smallest absolute Gasteiger partial charge is 0.355 e. The summed E-state index contributed by atoms with van der Waals surface area (Å²) in [4.78, 5) is 29.2. The average Bonchev–Trinajstić information content (AvgIpc) is 3.30. The fourth-order valence-electron chi connectivity index (χ4n) is 3.19. The lowest BCUT2D eigenvalue weighted by atomic mass is 10.2. The summed E-state index contributed by atoms with van der Waals surface area (Å²) < 4.78 is 10.8. The number of rotatable bonds is 4. The number of aromatic nitrogens is 2. The lowest BCUT2D eigenvalue weighted by Gasteiger charge is -1.98. The summed E-state index contributed by atoms with van der Waals surface area (Å²) in [5, 5.41) is 2.11. The summed E-state index contributed by atoms with van der Waals surface area (Å²) in [5.74, 6) is -0.591. The van der Waals surface area contributed by atoms with E-state index in [0.29, 0.717) is 24.6 Å². The van der Waals surface area contributed by atoms with Crippen molar-refractivity contribution in [3.63, 3.8) is 0 Å². The van der Waals surface area contributed by atoms with Crippen LogP contribution in [-0.4, -0.2) is 35.1 Å². The van der Waals surface area contributed by atoms with Gasteiger partial charge < -0.3 is 19.4 Å².